The molecular formula is C7H9NO. The van der Waals surface area contributed by atoms with Gasteiger partial charge in [0, 0.05) is 13.0 Å². The van der Waals surface area contributed by atoms with Crippen LogP contribution in [0.3, 0.4) is 0 Å². The van der Waals surface area contributed by atoms with Crippen molar-refractivity contribution in [1.29, 1.82) is 0 Å². The van der Waals surface area contributed by atoms with Gasteiger partial charge in [-0.15, -0.1) is 0 Å². The van der Waals surface area contributed by atoms with Gasteiger partial charge in [-0.05, 0) is 6.42 Å². The highest BCUT2D eigenvalue weighted by atomic mass is 16.2. The predicted octanol–water partition coefficient (Wildman–Crippen LogP) is 0.547. The van der Waals surface area contributed by atoms with Crippen molar-refractivity contribution in [3.05, 3.63) is 12.2 Å². The van der Waals surface area contributed by atoms with Crippen molar-refractivity contribution in [2.24, 2.45) is 0 Å². The molecule has 0 radical (unpaired) electrons. The molecule has 2 rings (SSSR count). The van der Waals surface area contributed by atoms with Gasteiger partial charge in [0.1, 0.15) is 0 Å². The van der Waals surface area contributed by atoms with Crippen molar-refractivity contribution in [2.45, 2.75) is 18.9 Å². The smallest absolute Gasteiger partial charge is 0.223 e. The number of hydrogen-bond donors (Lipinski definition) is 0. The molecule has 2 aliphatic rings. The molecule has 2 heterocycles. The normalized spacial score (nSPS) is 31.8. The van der Waals surface area contributed by atoms with Crippen LogP contribution in [0.25, 0.3) is 0 Å². The number of carbonyl (C=O) groups is 1. The van der Waals surface area contributed by atoms with Gasteiger partial charge >= 0.3 is 0 Å². The zero-order valence-corrected chi connectivity index (χ0v) is 5.21. The Labute approximate surface area is 54.1 Å². The molecule has 0 aromatic carbocycles. The average Bonchev–Trinajstić information content (AvgIpc) is 2.35. The van der Waals surface area contributed by atoms with Crippen LogP contribution in [0.4, 0.5) is 0 Å². The fraction of sp³-hybridized carbons (Fsp3) is 0.571. The topological polar surface area (TPSA) is 20.3 Å². The number of nitrogens with zero attached hydrogens (tertiary/aromatic N) is 1. The number of amides is 1. The number of fused-ring (bicyclic) bond motifs is 1. The second-order valence-corrected chi connectivity index (χ2v) is 2.58. The summed E-state index contributed by atoms with van der Waals surface area (Å²) in [5.41, 5.74) is 0. The molecular weight excluding hydrogens is 114 g/mol. The van der Waals surface area contributed by atoms with E-state index in [0.717, 1.165) is 19.4 Å². The Morgan fingerprint density at radius 2 is 2.56 bits per heavy atom. The number of hydrogen-bond acceptors (Lipinski definition) is 1. The van der Waals surface area contributed by atoms with Gasteiger partial charge in [-0.3, -0.25) is 4.79 Å². The van der Waals surface area contributed by atoms with Crippen LogP contribution in [-0.2, 0) is 4.79 Å². The maximum atomic E-state index is 10.9. The summed E-state index contributed by atoms with van der Waals surface area (Å²) in [4.78, 5) is 12.9. The van der Waals surface area contributed by atoms with Crippen LogP contribution in [0.5, 0.6) is 0 Å². The summed E-state index contributed by atoms with van der Waals surface area (Å²) in [6.45, 7) is 0.851. The lowest BCUT2D eigenvalue weighted by Gasteiger charge is -2.13. The molecule has 2 aliphatic heterocycles. The van der Waals surface area contributed by atoms with Gasteiger partial charge in [0.25, 0.3) is 0 Å². The van der Waals surface area contributed by atoms with E-state index >= 15 is 0 Å². The summed E-state index contributed by atoms with van der Waals surface area (Å²) in [6, 6.07) is 0.456. The third-order valence-corrected chi connectivity index (χ3v) is 2.03. The first-order chi connectivity index (χ1) is 4.38. The zero-order chi connectivity index (χ0) is 6.27. The molecule has 2 heteroatoms. The average molecular weight is 123 g/mol. The minimum atomic E-state index is 0.324. The SMILES string of the molecule is O=C1CC[C@H]2C=CCN12. The van der Waals surface area contributed by atoms with Crippen LogP contribution < -0.4 is 0 Å². The summed E-state index contributed by atoms with van der Waals surface area (Å²) < 4.78 is 0. The third kappa shape index (κ3) is 0.590. The van der Waals surface area contributed by atoms with Crippen molar-refractivity contribution in [1.82, 2.24) is 4.90 Å². The van der Waals surface area contributed by atoms with E-state index in [1.807, 2.05) is 4.90 Å². The van der Waals surface area contributed by atoms with E-state index in [9.17, 15) is 4.79 Å². The lowest BCUT2D eigenvalue weighted by atomic mass is 10.2. The maximum absolute atomic E-state index is 10.9. The van der Waals surface area contributed by atoms with Gasteiger partial charge in [-0.2, -0.15) is 0 Å². The van der Waals surface area contributed by atoms with Gasteiger partial charge < -0.3 is 4.90 Å². The minimum Gasteiger partial charge on any atom is -0.333 e. The van der Waals surface area contributed by atoms with Crippen LogP contribution in [0, 0.1) is 0 Å². The molecule has 1 fully saturated rings. The summed E-state index contributed by atoms with van der Waals surface area (Å²) in [6.07, 6.45) is 6.00. The van der Waals surface area contributed by atoms with E-state index in [1.54, 1.807) is 0 Å². The first-order valence-electron chi connectivity index (χ1n) is 3.34. The molecule has 9 heavy (non-hydrogen) atoms. The molecule has 0 N–H and O–H groups in total. The van der Waals surface area contributed by atoms with E-state index in [2.05, 4.69) is 12.2 Å². The second-order valence-electron chi connectivity index (χ2n) is 2.58. The molecule has 0 bridgehead atoms. The van der Waals surface area contributed by atoms with Gasteiger partial charge in [0.15, 0.2) is 0 Å². The molecule has 0 aromatic rings. The Kier molecular flexibility index (Phi) is 0.891. The van der Waals surface area contributed by atoms with Crippen molar-refractivity contribution < 1.29 is 4.79 Å². The monoisotopic (exact) mass is 123 g/mol. The molecule has 0 saturated carbocycles. The van der Waals surface area contributed by atoms with Gasteiger partial charge in [-0.25, -0.2) is 0 Å². The Bertz CT molecular complexity index is 174. The van der Waals surface area contributed by atoms with E-state index in [4.69, 9.17) is 0 Å². The van der Waals surface area contributed by atoms with Gasteiger partial charge in [0.2, 0.25) is 5.91 Å². The van der Waals surface area contributed by atoms with Crippen molar-refractivity contribution in [3.63, 3.8) is 0 Å². The summed E-state index contributed by atoms with van der Waals surface area (Å²) in [5.74, 6) is 0.324. The first kappa shape index (κ1) is 5.03. The molecule has 1 amide bonds. The standard InChI is InChI=1S/C7H9NO/c9-7-4-3-6-2-1-5-8(6)7/h1-2,6H,3-5H2/t6-/m1/s1. The lowest BCUT2D eigenvalue weighted by Crippen LogP contribution is -2.27. The number of carbonyl (C=O) groups excluding carboxylic acids is 1. The van der Waals surface area contributed by atoms with E-state index < -0.39 is 0 Å². The third-order valence-electron chi connectivity index (χ3n) is 2.03. The lowest BCUT2D eigenvalue weighted by molar-refractivity contribution is -0.127. The highest BCUT2D eigenvalue weighted by Crippen LogP contribution is 2.22. The predicted molar refractivity (Wildman–Crippen MR) is 33.9 cm³/mol. The van der Waals surface area contributed by atoms with Gasteiger partial charge in [-0.1, -0.05) is 12.2 Å². The molecule has 1 atom stereocenters. The van der Waals surface area contributed by atoms with Crippen molar-refractivity contribution >= 4 is 5.91 Å². The van der Waals surface area contributed by atoms with Crippen molar-refractivity contribution in [2.75, 3.05) is 6.54 Å². The summed E-state index contributed by atoms with van der Waals surface area (Å²) >= 11 is 0. The van der Waals surface area contributed by atoms with E-state index in [1.165, 1.54) is 0 Å². The second kappa shape index (κ2) is 1.59. The van der Waals surface area contributed by atoms with Crippen LogP contribution in [0.2, 0.25) is 0 Å². The van der Waals surface area contributed by atoms with Crippen LogP contribution >= 0.6 is 0 Å². The zero-order valence-electron chi connectivity index (χ0n) is 5.21. The number of rotatable bonds is 0. The Balaban J connectivity index is 2.22. The molecule has 48 valence electrons. The molecule has 0 spiro atoms. The first-order valence-corrected chi connectivity index (χ1v) is 3.34. The fourth-order valence-corrected chi connectivity index (χ4v) is 1.52. The van der Waals surface area contributed by atoms with E-state index in [0.29, 0.717) is 11.9 Å². The molecule has 1 saturated heterocycles. The highest BCUT2D eigenvalue weighted by Gasteiger charge is 2.30. The minimum absolute atomic E-state index is 0.324. The maximum Gasteiger partial charge on any atom is 0.223 e. The van der Waals surface area contributed by atoms with Crippen LogP contribution in [0.1, 0.15) is 12.8 Å². The molecule has 0 aromatic heterocycles. The fourth-order valence-electron chi connectivity index (χ4n) is 1.52. The van der Waals surface area contributed by atoms with Crippen LogP contribution in [0.15, 0.2) is 12.2 Å². The quantitative estimate of drug-likeness (QED) is 0.431. The highest BCUT2D eigenvalue weighted by molar-refractivity contribution is 5.79. The molecule has 0 unspecified atom stereocenters. The Hall–Kier alpha value is -0.790. The summed E-state index contributed by atoms with van der Waals surface area (Å²) in [7, 11) is 0. The Morgan fingerprint density at radius 1 is 1.67 bits per heavy atom. The van der Waals surface area contributed by atoms with Gasteiger partial charge in [0.05, 0.1) is 6.04 Å². The largest absolute Gasteiger partial charge is 0.333 e. The van der Waals surface area contributed by atoms with E-state index in [-0.39, 0.29) is 0 Å². The van der Waals surface area contributed by atoms with Crippen LogP contribution in [-0.4, -0.2) is 23.4 Å². The Morgan fingerprint density at radius 3 is 3.33 bits per heavy atom. The molecule has 2 nitrogen and oxygen atoms in total. The summed E-state index contributed by atoms with van der Waals surface area (Å²) in [5, 5.41) is 0. The van der Waals surface area contributed by atoms with Crippen molar-refractivity contribution in [3.8, 4) is 0 Å². The molecule has 0 aliphatic carbocycles.